The number of nitrogens with two attached hydrogens (primary N) is 1. The van der Waals surface area contributed by atoms with Crippen molar-refractivity contribution in [1.29, 1.82) is 0 Å². The van der Waals surface area contributed by atoms with Gasteiger partial charge in [-0.1, -0.05) is 13.8 Å². The molecule has 1 rings (SSSR count). The minimum Gasteiger partial charge on any atom is -0.340 e. The Morgan fingerprint density at radius 2 is 2.12 bits per heavy atom. The second-order valence-electron chi connectivity index (χ2n) is 4.60. The first kappa shape index (κ1) is 13.5. The van der Waals surface area contributed by atoms with Crippen LogP contribution >= 0.6 is 0 Å². The van der Waals surface area contributed by atoms with Crippen molar-refractivity contribution in [2.45, 2.75) is 33.2 Å². The maximum atomic E-state index is 12.1. The molecule has 0 spiro atoms. The Balaban J connectivity index is 2.53. The van der Waals surface area contributed by atoms with Crippen molar-refractivity contribution < 1.29 is 4.79 Å². The molecule has 16 heavy (non-hydrogen) atoms. The van der Waals surface area contributed by atoms with Gasteiger partial charge in [0.1, 0.15) is 0 Å². The largest absolute Gasteiger partial charge is 0.340 e. The van der Waals surface area contributed by atoms with Gasteiger partial charge >= 0.3 is 0 Å². The molecular formula is C12H25N3O. The lowest BCUT2D eigenvalue weighted by atomic mass is 10.0. The average Bonchev–Trinajstić information content (AvgIpc) is 2.30. The van der Waals surface area contributed by atoms with Crippen LogP contribution in [0.5, 0.6) is 0 Å². The van der Waals surface area contributed by atoms with Crippen molar-refractivity contribution in [2.24, 2.45) is 11.7 Å². The fourth-order valence-corrected chi connectivity index (χ4v) is 2.37. The average molecular weight is 227 g/mol. The van der Waals surface area contributed by atoms with Crippen LogP contribution in [0.4, 0.5) is 0 Å². The summed E-state index contributed by atoms with van der Waals surface area (Å²) in [6, 6.07) is 0.470. The van der Waals surface area contributed by atoms with Gasteiger partial charge < -0.3 is 10.6 Å². The smallest absolute Gasteiger partial charge is 0.227 e. The molecule has 0 radical (unpaired) electrons. The Hall–Kier alpha value is -0.610. The molecule has 0 aromatic rings. The molecule has 0 aromatic heterocycles. The van der Waals surface area contributed by atoms with Crippen molar-refractivity contribution in [3.8, 4) is 0 Å². The maximum Gasteiger partial charge on any atom is 0.227 e. The van der Waals surface area contributed by atoms with Crippen molar-refractivity contribution in [3.63, 3.8) is 0 Å². The van der Waals surface area contributed by atoms with Crippen molar-refractivity contribution >= 4 is 5.91 Å². The van der Waals surface area contributed by atoms with Gasteiger partial charge in [0, 0.05) is 32.2 Å². The second-order valence-corrected chi connectivity index (χ2v) is 4.60. The van der Waals surface area contributed by atoms with Crippen LogP contribution in [0.1, 0.15) is 27.2 Å². The van der Waals surface area contributed by atoms with Gasteiger partial charge in [0.2, 0.25) is 5.91 Å². The summed E-state index contributed by atoms with van der Waals surface area (Å²) in [6.07, 6.45) is 0.845. The third-order valence-corrected chi connectivity index (χ3v) is 3.61. The number of hydrogen-bond acceptors (Lipinski definition) is 3. The van der Waals surface area contributed by atoms with Gasteiger partial charge in [-0.3, -0.25) is 9.69 Å². The first-order valence-corrected chi connectivity index (χ1v) is 6.36. The zero-order valence-electron chi connectivity index (χ0n) is 10.8. The number of likely N-dealkylation sites (N-methyl/N-ethyl adjacent to an activating group) is 1. The van der Waals surface area contributed by atoms with Crippen LogP contribution in [0.15, 0.2) is 0 Å². The van der Waals surface area contributed by atoms with Gasteiger partial charge in [-0.2, -0.15) is 0 Å². The minimum absolute atomic E-state index is 0.0142. The summed E-state index contributed by atoms with van der Waals surface area (Å²) in [5.74, 6) is 0.257. The topological polar surface area (TPSA) is 49.6 Å². The van der Waals surface area contributed by atoms with E-state index in [4.69, 9.17) is 5.73 Å². The predicted octanol–water partition coefficient (Wildman–Crippen LogP) is 0.524. The second kappa shape index (κ2) is 6.21. The normalized spacial score (nSPS) is 24.5. The lowest BCUT2D eigenvalue weighted by Crippen LogP contribution is -2.55. The molecule has 4 nitrogen and oxygen atoms in total. The lowest BCUT2D eigenvalue weighted by Gasteiger charge is -2.40. The summed E-state index contributed by atoms with van der Waals surface area (Å²) >= 11 is 0. The van der Waals surface area contributed by atoms with Gasteiger partial charge in [0.15, 0.2) is 0 Å². The first-order valence-electron chi connectivity index (χ1n) is 6.36. The molecule has 1 aliphatic heterocycles. The van der Waals surface area contributed by atoms with E-state index in [0.717, 1.165) is 32.6 Å². The summed E-state index contributed by atoms with van der Waals surface area (Å²) in [5.41, 5.74) is 5.62. The van der Waals surface area contributed by atoms with Crippen LogP contribution in [0.25, 0.3) is 0 Å². The van der Waals surface area contributed by atoms with E-state index in [1.165, 1.54) is 0 Å². The highest BCUT2D eigenvalue weighted by Crippen LogP contribution is 2.13. The van der Waals surface area contributed by atoms with Crippen LogP contribution in [0, 0.1) is 5.92 Å². The number of carbonyl (C=O) groups excluding carboxylic acids is 1. The fraction of sp³-hybridized carbons (Fsp3) is 0.917. The number of nitrogens with zero attached hydrogens (tertiary/aromatic N) is 2. The molecule has 4 heteroatoms. The van der Waals surface area contributed by atoms with E-state index in [9.17, 15) is 4.79 Å². The molecule has 94 valence electrons. The number of hydrogen-bond donors (Lipinski definition) is 1. The Labute approximate surface area is 98.8 Å². The molecule has 0 bridgehead atoms. The van der Waals surface area contributed by atoms with E-state index < -0.39 is 0 Å². The Kier molecular flexibility index (Phi) is 5.22. The summed E-state index contributed by atoms with van der Waals surface area (Å²) in [4.78, 5) is 16.5. The van der Waals surface area contributed by atoms with Crippen LogP contribution in [-0.2, 0) is 4.79 Å². The predicted molar refractivity (Wildman–Crippen MR) is 66.1 cm³/mol. The molecule has 1 amide bonds. The van der Waals surface area contributed by atoms with Gasteiger partial charge in [-0.15, -0.1) is 0 Å². The molecule has 2 N–H and O–H groups in total. The number of piperazine rings is 1. The number of rotatable bonds is 4. The zero-order chi connectivity index (χ0) is 12.1. The van der Waals surface area contributed by atoms with E-state index in [1.54, 1.807) is 0 Å². The van der Waals surface area contributed by atoms with Crippen molar-refractivity contribution in [2.75, 3.05) is 32.7 Å². The summed E-state index contributed by atoms with van der Waals surface area (Å²) < 4.78 is 0. The molecule has 1 saturated heterocycles. The number of carbonyl (C=O) groups is 1. The van der Waals surface area contributed by atoms with Crippen LogP contribution in [0.2, 0.25) is 0 Å². The highest BCUT2D eigenvalue weighted by molar-refractivity contribution is 5.79. The van der Waals surface area contributed by atoms with E-state index >= 15 is 0 Å². The van der Waals surface area contributed by atoms with E-state index in [1.807, 2.05) is 11.8 Å². The Morgan fingerprint density at radius 1 is 1.44 bits per heavy atom. The van der Waals surface area contributed by atoms with Crippen LogP contribution in [-0.4, -0.2) is 54.5 Å². The van der Waals surface area contributed by atoms with Crippen molar-refractivity contribution in [1.82, 2.24) is 9.80 Å². The molecule has 1 heterocycles. The lowest BCUT2D eigenvalue weighted by molar-refractivity contribution is -0.138. The SMILES string of the molecule is CCC(CN)C(=O)N1CCN(CC)C(C)C1. The van der Waals surface area contributed by atoms with Gasteiger partial charge in [0.05, 0.1) is 5.92 Å². The van der Waals surface area contributed by atoms with E-state index in [-0.39, 0.29) is 11.8 Å². The van der Waals surface area contributed by atoms with Gasteiger partial charge in [-0.05, 0) is 19.9 Å². The first-order chi connectivity index (χ1) is 7.63. The third-order valence-electron chi connectivity index (χ3n) is 3.61. The van der Waals surface area contributed by atoms with Crippen molar-refractivity contribution in [3.05, 3.63) is 0 Å². The molecule has 0 aromatic carbocycles. The monoisotopic (exact) mass is 227 g/mol. The maximum absolute atomic E-state index is 12.1. The van der Waals surface area contributed by atoms with E-state index in [0.29, 0.717) is 12.6 Å². The zero-order valence-corrected chi connectivity index (χ0v) is 10.8. The minimum atomic E-state index is 0.0142. The molecule has 2 atom stereocenters. The highest BCUT2D eigenvalue weighted by Gasteiger charge is 2.28. The molecule has 1 fully saturated rings. The van der Waals surface area contributed by atoms with Gasteiger partial charge in [0.25, 0.3) is 0 Å². The third kappa shape index (κ3) is 2.95. The highest BCUT2D eigenvalue weighted by atomic mass is 16.2. The molecular weight excluding hydrogens is 202 g/mol. The standard InChI is InChI=1S/C12H25N3O/c1-4-11(8-13)12(16)15-7-6-14(5-2)10(3)9-15/h10-11H,4-9,13H2,1-3H3. The summed E-state index contributed by atoms with van der Waals surface area (Å²) in [7, 11) is 0. The fourth-order valence-electron chi connectivity index (χ4n) is 2.37. The number of amides is 1. The molecule has 0 saturated carbocycles. The molecule has 1 aliphatic rings. The van der Waals surface area contributed by atoms with Crippen LogP contribution < -0.4 is 5.73 Å². The molecule has 2 unspecified atom stereocenters. The summed E-state index contributed by atoms with van der Waals surface area (Å²) in [6.45, 7) is 10.6. The Morgan fingerprint density at radius 3 is 2.56 bits per heavy atom. The Bertz CT molecular complexity index is 228. The van der Waals surface area contributed by atoms with Crippen LogP contribution in [0.3, 0.4) is 0 Å². The van der Waals surface area contributed by atoms with Gasteiger partial charge in [-0.25, -0.2) is 0 Å². The van der Waals surface area contributed by atoms with E-state index in [2.05, 4.69) is 18.7 Å². The molecule has 0 aliphatic carbocycles. The quantitative estimate of drug-likeness (QED) is 0.762. The summed E-state index contributed by atoms with van der Waals surface area (Å²) in [5, 5.41) is 0.